The predicted molar refractivity (Wildman–Crippen MR) is 95.7 cm³/mol. The van der Waals surface area contributed by atoms with Crippen molar-refractivity contribution in [3.63, 3.8) is 0 Å². The summed E-state index contributed by atoms with van der Waals surface area (Å²) in [4.78, 5) is 4.87. The van der Waals surface area contributed by atoms with Crippen LogP contribution in [0.5, 0.6) is 0 Å². The summed E-state index contributed by atoms with van der Waals surface area (Å²) in [6.45, 7) is 0. The number of hydrogen-bond donors (Lipinski definition) is 0. The minimum Gasteiger partial charge on any atom is -0.296 e. The molecule has 108 valence electrons. The first-order valence-electron chi connectivity index (χ1n) is 7.41. The molecule has 3 aromatic rings. The standard InChI is InChI=1S/C19H15BrN2/c20-15-10-12-16(13-11-15)22-18-9-5-4-8-17(18)21-19(22)14-6-2-1-3-7-14/h1-10,12H,11,13H2. The topological polar surface area (TPSA) is 17.8 Å². The Hall–Kier alpha value is -2.13. The molecule has 0 amide bonds. The highest BCUT2D eigenvalue weighted by Crippen LogP contribution is 2.33. The second-order valence-electron chi connectivity index (χ2n) is 5.40. The Morgan fingerprint density at radius 3 is 2.41 bits per heavy atom. The van der Waals surface area contributed by atoms with Crippen molar-refractivity contribution in [2.45, 2.75) is 12.8 Å². The van der Waals surface area contributed by atoms with Crippen LogP contribution in [-0.2, 0) is 0 Å². The largest absolute Gasteiger partial charge is 0.296 e. The first-order chi connectivity index (χ1) is 10.8. The lowest BCUT2D eigenvalue weighted by atomic mass is 10.1. The summed E-state index contributed by atoms with van der Waals surface area (Å²) in [7, 11) is 0. The minimum atomic E-state index is 1.01. The maximum atomic E-state index is 4.87. The first kappa shape index (κ1) is 13.5. The fraction of sp³-hybridized carbons (Fsp3) is 0.105. The molecule has 0 unspecified atom stereocenters. The smallest absolute Gasteiger partial charge is 0.145 e. The average Bonchev–Trinajstić information content (AvgIpc) is 2.96. The van der Waals surface area contributed by atoms with Crippen LogP contribution < -0.4 is 0 Å². The van der Waals surface area contributed by atoms with Crippen molar-refractivity contribution in [3.05, 3.63) is 71.2 Å². The number of aromatic nitrogens is 2. The highest BCUT2D eigenvalue weighted by molar-refractivity contribution is 9.11. The normalized spacial score (nSPS) is 14.8. The van der Waals surface area contributed by atoms with Gasteiger partial charge in [0, 0.05) is 11.3 Å². The highest BCUT2D eigenvalue weighted by atomic mass is 79.9. The lowest BCUT2D eigenvalue weighted by Gasteiger charge is -2.16. The van der Waals surface area contributed by atoms with Gasteiger partial charge >= 0.3 is 0 Å². The van der Waals surface area contributed by atoms with Gasteiger partial charge < -0.3 is 0 Å². The van der Waals surface area contributed by atoms with Gasteiger partial charge in [-0.05, 0) is 35.5 Å². The third-order valence-corrected chi connectivity index (χ3v) is 4.62. The number of benzene rings is 2. The van der Waals surface area contributed by atoms with E-state index >= 15 is 0 Å². The first-order valence-corrected chi connectivity index (χ1v) is 8.21. The third kappa shape index (κ3) is 2.32. The zero-order chi connectivity index (χ0) is 14.9. The van der Waals surface area contributed by atoms with Crippen molar-refractivity contribution in [2.24, 2.45) is 0 Å². The second kappa shape index (κ2) is 5.58. The van der Waals surface area contributed by atoms with E-state index in [0.29, 0.717) is 0 Å². The number of nitrogens with zero attached hydrogens (tertiary/aromatic N) is 2. The van der Waals surface area contributed by atoms with Crippen LogP contribution in [0.25, 0.3) is 28.1 Å². The fourth-order valence-corrected chi connectivity index (χ4v) is 3.22. The van der Waals surface area contributed by atoms with Gasteiger partial charge in [-0.25, -0.2) is 4.98 Å². The molecule has 2 nitrogen and oxygen atoms in total. The van der Waals surface area contributed by atoms with Crippen LogP contribution in [-0.4, -0.2) is 9.55 Å². The zero-order valence-electron chi connectivity index (χ0n) is 12.0. The fourth-order valence-electron chi connectivity index (χ4n) is 2.88. The van der Waals surface area contributed by atoms with Crippen molar-refractivity contribution in [1.29, 1.82) is 0 Å². The Morgan fingerprint density at radius 2 is 1.64 bits per heavy atom. The highest BCUT2D eigenvalue weighted by Gasteiger charge is 2.16. The van der Waals surface area contributed by atoms with Gasteiger partial charge in [0.15, 0.2) is 0 Å². The lowest BCUT2D eigenvalue weighted by Crippen LogP contribution is -2.02. The van der Waals surface area contributed by atoms with E-state index in [1.807, 2.05) is 12.1 Å². The minimum absolute atomic E-state index is 1.01. The zero-order valence-corrected chi connectivity index (χ0v) is 13.6. The summed E-state index contributed by atoms with van der Waals surface area (Å²) in [6, 6.07) is 18.7. The van der Waals surface area contributed by atoms with Gasteiger partial charge in [-0.15, -0.1) is 0 Å². The maximum Gasteiger partial charge on any atom is 0.145 e. The van der Waals surface area contributed by atoms with E-state index in [-0.39, 0.29) is 0 Å². The molecule has 3 heteroatoms. The molecular weight excluding hydrogens is 336 g/mol. The SMILES string of the molecule is BrC1=CC=C(n2c(-c3ccccc3)nc3ccccc32)CC1. The van der Waals surface area contributed by atoms with Crippen molar-refractivity contribution in [3.8, 4) is 11.4 Å². The van der Waals surface area contributed by atoms with Gasteiger partial charge in [-0.2, -0.15) is 0 Å². The third-order valence-electron chi connectivity index (χ3n) is 3.96. The molecule has 0 spiro atoms. The summed E-state index contributed by atoms with van der Waals surface area (Å²) in [5.41, 5.74) is 4.64. The van der Waals surface area contributed by atoms with E-state index in [2.05, 4.69) is 75.1 Å². The summed E-state index contributed by atoms with van der Waals surface area (Å²) in [5.74, 6) is 1.01. The summed E-state index contributed by atoms with van der Waals surface area (Å²) >= 11 is 3.58. The summed E-state index contributed by atoms with van der Waals surface area (Å²) < 4.78 is 3.54. The molecule has 1 heterocycles. The molecule has 0 saturated carbocycles. The number of hydrogen-bond acceptors (Lipinski definition) is 1. The molecule has 2 aromatic carbocycles. The molecule has 0 fully saturated rings. The molecule has 1 aliphatic rings. The number of halogens is 1. The monoisotopic (exact) mass is 350 g/mol. The van der Waals surface area contributed by atoms with Gasteiger partial charge in [0.1, 0.15) is 5.82 Å². The average molecular weight is 351 g/mol. The lowest BCUT2D eigenvalue weighted by molar-refractivity contribution is 0.953. The van der Waals surface area contributed by atoms with E-state index < -0.39 is 0 Å². The molecule has 22 heavy (non-hydrogen) atoms. The van der Waals surface area contributed by atoms with E-state index in [1.165, 1.54) is 15.7 Å². The maximum absolute atomic E-state index is 4.87. The van der Waals surface area contributed by atoms with Gasteiger partial charge in [-0.1, -0.05) is 64.5 Å². The Bertz CT molecular complexity index is 888. The van der Waals surface area contributed by atoms with Gasteiger partial charge in [0.25, 0.3) is 0 Å². The van der Waals surface area contributed by atoms with E-state index in [4.69, 9.17) is 4.98 Å². The molecular formula is C19H15BrN2. The van der Waals surface area contributed by atoms with Crippen molar-refractivity contribution >= 4 is 32.7 Å². The molecule has 0 saturated heterocycles. The van der Waals surface area contributed by atoms with Crippen molar-refractivity contribution in [1.82, 2.24) is 9.55 Å². The number of allylic oxidation sites excluding steroid dienone is 4. The quantitative estimate of drug-likeness (QED) is 0.586. The van der Waals surface area contributed by atoms with E-state index in [0.717, 1.165) is 29.7 Å². The number of para-hydroxylation sites is 2. The van der Waals surface area contributed by atoms with Gasteiger partial charge in [0.2, 0.25) is 0 Å². The van der Waals surface area contributed by atoms with Crippen LogP contribution in [0.4, 0.5) is 0 Å². The van der Waals surface area contributed by atoms with Crippen molar-refractivity contribution in [2.75, 3.05) is 0 Å². The van der Waals surface area contributed by atoms with Crippen LogP contribution in [0.2, 0.25) is 0 Å². The van der Waals surface area contributed by atoms with Crippen LogP contribution in [0.3, 0.4) is 0 Å². The van der Waals surface area contributed by atoms with E-state index in [1.54, 1.807) is 0 Å². The molecule has 0 bridgehead atoms. The molecule has 0 radical (unpaired) electrons. The Kier molecular flexibility index (Phi) is 3.43. The molecule has 4 rings (SSSR count). The van der Waals surface area contributed by atoms with Gasteiger partial charge in [0.05, 0.1) is 11.0 Å². The van der Waals surface area contributed by atoms with Crippen LogP contribution in [0, 0.1) is 0 Å². The van der Waals surface area contributed by atoms with Crippen LogP contribution in [0.1, 0.15) is 12.8 Å². The summed E-state index contributed by atoms with van der Waals surface area (Å²) in [6.07, 6.45) is 6.38. The Labute approximate surface area is 137 Å². The van der Waals surface area contributed by atoms with E-state index in [9.17, 15) is 0 Å². The van der Waals surface area contributed by atoms with Gasteiger partial charge in [-0.3, -0.25) is 4.57 Å². The Morgan fingerprint density at radius 1 is 0.864 bits per heavy atom. The Balaban J connectivity index is 1.99. The van der Waals surface area contributed by atoms with Crippen LogP contribution >= 0.6 is 15.9 Å². The number of fused-ring (bicyclic) bond motifs is 1. The molecule has 1 aromatic heterocycles. The summed E-state index contributed by atoms with van der Waals surface area (Å²) in [5, 5.41) is 0. The molecule has 1 aliphatic carbocycles. The van der Waals surface area contributed by atoms with Crippen LogP contribution in [0.15, 0.2) is 71.2 Å². The second-order valence-corrected chi connectivity index (χ2v) is 6.42. The number of rotatable bonds is 2. The van der Waals surface area contributed by atoms with Crippen molar-refractivity contribution < 1.29 is 0 Å². The molecule has 0 N–H and O–H groups in total. The molecule has 0 aliphatic heterocycles. The predicted octanol–water partition coefficient (Wildman–Crippen LogP) is 5.62. The molecule has 0 atom stereocenters. The number of imidazole rings is 1.